The second kappa shape index (κ2) is 6.34. The molecule has 0 saturated carbocycles. The normalized spacial score (nSPS) is 11.3. The number of halogens is 1. The first-order chi connectivity index (χ1) is 12.5. The number of hydrogen-bond donors (Lipinski definition) is 1. The van der Waals surface area contributed by atoms with Crippen molar-refractivity contribution in [1.29, 1.82) is 0 Å². The van der Waals surface area contributed by atoms with Gasteiger partial charge in [0.2, 0.25) is 5.89 Å². The van der Waals surface area contributed by atoms with Gasteiger partial charge in [0.15, 0.2) is 5.58 Å². The van der Waals surface area contributed by atoms with Crippen LogP contribution in [0.25, 0.3) is 22.0 Å². The molecule has 3 heterocycles. The number of hydrogen-bond acceptors (Lipinski definition) is 6. The van der Waals surface area contributed by atoms with Gasteiger partial charge in [-0.05, 0) is 30.3 Å². The summed E-state index contributed by atoms with van der Waals surface area (Å²) in [6.07, 6.45) is 1.16. The Morgan fingerprint density at radius 3 is 2.96 bits per heavy atom. The van der Waals surface area contributed by atoms with E-state index in [4.69, 9.17) is 9.52 Å². The summed E-state index contributed by atoms with van der Waals surface area (Å²) >= 11 is 3.37. The molecule has 4 rings (SSSR count). The van der Waals surface area contributed by atoms with Crippen LogP contribution < -0.4 is 5.56 Å². The summed E-state index contributed by atoms with van der Waals surface area (Å²) in [5.74, 6) is -0.751. The molecule has 1 aromatic carbocycles. The quantitative estimate of drug-likeness (QED) is 0.545. The second-order valence-electron chi connectivity index (χ2n) is 5.60. The first-order valence-corrected chi connectivity index (χ1v) is 8.42. The first kappa shape index (κ1) is 16.4. The summed E-state index contributed by atoms with van der Waals surface area (Å²) in [5.41, 5.74) is 1.36. The molecule has 4 aromatic rings. The van der Waals surface area contributed by atoms with Gasteiger partial charge in [-0.1, -0.05) is 15.9 Å². The van der Waals surface area contributed by atoms with Crippen LogP contribution in [0.3, 0.4) is 0 Å². The van der Waals surface area contributed by atoms with Crippen molar-refractivity contribution in [1.82, 2.24) is 19.7 Å². The average Bonchev–Trinajstić information content (AvgIpc) is 3.00. The Kier molecular flexibility index (Phi) is 4.00. The predicted octanol–water partition coefficient (Wildman–Crippen LogP) is 2.37. The molecule has 0 spiro atoms. The zero-order chi connectivity index (χ0) is 18.3. The van der Waals surface area contributed by atoms with Gasteiger partial charge in [-0.25, -0.2) is 9.67 Å². The number of aromatic nitrogens is 4. The molecule has 8 nitrogen and oxygen atoms in total. The number of rotatable bonds is 4. The Bertz CT molecular complexity index is 1210. The number of nitrogens with zero attached hydrogens (tertiary/aromatic N) is 4. The van der Waals surface area contributed by atoms with E-state index in [1.54, 1.807) is 24.3 Å². The van der Waals surface area contributed by atoms with E-state index in [0.717, 1.165) is 9.15 Å². The highest BCUT2D eigenvalue weighted by Gasteiger charge is 2.16. The Balaban J connectivity index is 1.83. The van der Waals surface area contributed by atoms with Crippen LogP contribution in [0.1, 0.15) is 11.6 Å². The van der Waals surface area contributed by atoms with Gasteiger partial charge >= 0.3 is 5.97 Å². The molecule has 1 N–H and O–H groups in total. The van der Waals surface area contributed by atoms with E-state index in [1.165, 1.54) is 6.20 Å². The molecule has 0 unspecified atom stereocenters. The summed E-state index contributed by atoms with van der Waals surface area (Å²) in [5, 5.41) is 13.6. The Morgan fingerprint density at radius 2 is 2.15 bits per heavy atom. The molecule has 0 amide bonds. The van der Waals surface area contributed by atoms with Crippen LogP contribution in [-0.2, 0) is 17.8 Å². The van der Waals surface area contributed by atoms with Gasteiger partial charge < -0.3 is 9.52 Å². The molecule has 0 bridgehead atoms. The van der Waals surface area contributed by atoms with Crippen molar-refractivity contribution in [3.8, 4) is 0 Å². The smallest absolute Gasteiger partial charge is 0.309 e. The number of carboxylic acids is 1. The summed E-state index contributed by atoms with van der Waals surface area (Å²) in [6, 6.07) is 8.62. The molecule has 0 aliphatic rings. The van der Waals surface area contributed by atoms with Crippen LogP contribution in [0.15, 0.2) is 50.2 Å². The number of fused-ring (bicyclic) bond motifs is 2. The van der Waals surface area contributed by atoms with Gasteiger partial charge in [0.1, 0.15) is 12.1 Å². The van der Waals surface area contributed by atoms with Crippen molar-refractivity contribution < 1.29 is 14.3 Å². The van der Waals surface area contributed by atoms with Crippen molar-refractivity contribution >= 4 is 43.9 Å². The van der Waals surface area contributed by atoms with Crippen molar-refractivity contribution in [2.24, 2.45) is 0 Å². The van der Waals surface area contributed by atoms with Crippen LogP contribution in [0, 0.1) is 0 Å². The van der Waals surface area contributed by atoms with E-state index in [0.29, 0.717) is 22.4 Å². The van der Waals surface area contributed by atoms with Crippen LogP contribution in [0.2, 0.25) is 0 Å². The van der Waals surface area contributed by atoms with E-state index < -0.39 is 5.97 Å². The molecular weight excluding hydrogens is 404 g/mol. The molecule has 0 atom stereocenters. The maximum Gasteiger partial charge on any atom is 0.309 e. The SMILES string of the molecule is O=C(O)Cc1nn(Cc2nc3cc(Br)ccc3o2)c(=O)c2cccnc12. The van der Waals surface area contributed by atoms with Crippen molar-refractivity contribution in [2.75, 3.05) is 0 Å². The topological polar surface area (TPSA) is 111 Å². The fourth-order valence-electron chi connectivity index (χ4n) is 2.70. The molecule has 26 heavy (non-hydrogen) atoms. The molecule has 0 aliphatic heterocycles. The molecule has 0 radical (unpaired) electrons. The van der Waals surface area contributed by atoms with E-state index in [-0.39, 0.29) is 29.7 Å². The van der Waals surface area contributed by atoms with E-state index >= 15 is 0 Å². The minimum absolute atomic E-state index is 0.0113. The lowest BCUT2D eigenvalue weighted by Crippen LogP contribution is -2.26. The van der Waals surface area contributed by atoms with Gasteiger partial charge in [-0.15, -0.1) is 0 Å². The highest BCUT2D eigenvalue weighted by molar-refractivity contribution is 9.10. The van der Waals surface area contributed by atoms with Gasteiger partial charge in [0.05, 0.1) is 23.0 Å². The zero-order valence-corrected chi connectivity index (χ0v) is 14.8. The van der Waals surface area contributed by atoms with Crippen LogP contribution in [-0.4, -0.2) is 30.8 Å². The predicted molar refractivity (Wildman–Crippen MR) is 95.9 cm³/mol. The number of pyridine rings is 1. The first-order valence-electron chi connectivity index (χ1n) is 7.63. The maximum absolute atomic E-state index is 12.7. The third kappa shape index (κ3) is 2.97. The standard InChI is InChI=1S/C17H11BrN4O4/c18-9-3-4-13-11(6-9)20-14(26-13)8-22-17(25)10-2-1-5-19-16(10)12(21-22)7-15(23)24/h1-6H,7-8H2,(H,23,24). The molecule has 3 aromatic heterocycles. The van der Waals surface area contributed by atoms with Crippen LogP contribution in [0.5, 0.6) is 0 Å². The summed E-state index contributed by atoms with van der Waals surface area (Å²) in [6.45, 7) is -0.0113. The minimum Gasteiger partial charge on any atom is -0.481 e. The highest BCUT2D eigenvalue weighted by Crippen LogP contribution is 2.20. The third-order valence-corrected chi connectivity index (χ3v) is 4.28. The molecule has 0 fully saturated rings. The fourth-order valence-corrected chi connectivity index (χ4v) is 3.05. The minimum atomic E-state index is -1.05. The molecular formula is C17H11BrN4O4. The highest BCUT2D eigenvalue weighted by atomic mass is 79.9. The largest absolute Gasteiger partial charge is 0.481 e. The van der Waals surface area contributed by atoms with Gasteiger partial charge in [-0.2, -0.15) is 5.10 Å². The molecule has 0 aliphatic carbocycles. The number of benzene rings is 1. The number of carboxylic acid groups (broad SMARTS) is 1. The lowest BCUT2D eigenvalue weighted by molar-refractivity contribution is -0.136. The maximum atomic E-state index is 12.7. The van der Waals surface area contributed by atoms with Crippen molar-refractivity contribution in [2.45, 2.75) is 13.0 Å². The summed E-state index contributed by atoms with van der Waals surface area (Å²) < 4.78 is 7.67. The van der Waals surface area contributed by atoms with E-state index in [9.17, 15) is 9.59 Å². The van der Waals surface area contributed by atoms with Gasteiger partial charge in [-0.3, -0.25) is 14.6 Å². The van der Waals surface area contributed by atoms with E-state index in [1.807, 2.05) is 6.07 Å². The molecule has 0 saturated heterocycles. The van der Waals surface area contributed by atoms with Crippen molar-refractivity contribution in [3.63, 3.8) is 0 Å². The third-order valence-electron chi connectivity index (χ3n) is 3.78. The monoisotopic (exact) mass is 414 g/mol. The number of carbonyl (C=O) groups is 1. The van der Waals surface area contributed by atoms with Gasteiger partial charge in [0, 0.05) is 10.7 Å². The Morgan fingerprint density at radius 1 is 1.31 bits per heavy atom. The lowest BCUT2D eigenvalue weighted by atomic mass is 10.2. The van der Waals surface area contributed by atoms with Crippen molar-refractivity contribution in [3.05, 3.63) is 62.9 Å². The lowest BCUT2D eigenvalue weighted by Gasteiger charge is -2.07. The van der Waals surface area contributed by atoms with Crippen LogP contribution in [0.4, 0.5) is 0 Å². The fraction of sp³-hybridized carbons (Fsp3) is 0.118. The summed E-state index contributed by atoms with van der Waals surface area (Å²) in [7, 11) is 0. The number of aliphatic carboxylic acids is 1. The number of oxazole rings is 1. The van der Waals surface area contributed by atoms with E-state index in [2.05, 4.69) is 31.0 Å². The Hall–Kier alpha value is -3.07. The molecule has 130 valence electrons. The molecule has 9 heteroatoms. The average molecular weight is 415 g/mol. The second-order valence-corrected chi connectivity index (χ2v) is 6.51. The zero-order valence-electron chi connectivity index (χ0n) is 13.2. The van der Waals surface area contributed by atoms with Gasteiger partial charge in [0.25, 0.3) is 5.56 Å². The Labute approximate surface area is 154 Å². The van der Waals surface area contributed by atoms with Crippen LogP contribution >= 0.6 is 15.9 Å². The summed E-state index contributed by atoms with van der Waals surface area (Å²) in [4.78, 5) is 32.3.